The fraction of sp³-hybridized carbons (Fsp3) is 0.312. The summed E-state index contributed by atoms with van der Waals surface area (Å²) in [5.74, 6) is 0.0250. The number of hydrogen-bond donors (Lipinski definition) is 2. The predicted molar refractivity (Wildman–Crippen MR) is 84.7 cm³/mol. The monoisotopic (exact) mass is 287 g/mol. The van der Waals surface area contributed by atoms with Crippen molar-refractivity contribution in [3.8, 4) is 5.75 Å². The van der Waals surface area contributed by atoms with Gasteiger partial charge in [0.05, 0.1) is 11.4 Å². The fourth-order valence-corrected chi connectivity index (χ4v) is 2.42. The molecular weight excluding hydrogens is 266 g/mol. The van der Waals surface area contributed by atoms with Crippen molar-refractivity contribution in [2.75, 3.05) is 17.2 Å². The van der Waals surface area contributed by atoms with Crippen LogP contribution in [0.5, 0.6) is 5.75 Å². The minimum Gasteiger partial charge on any atom is -0.508 e. The number of nitrogen functional groups attached to an aromatic ring is 1. The van der Waals surface area contributed by atoms with Crippen molar-refractivity contribution in [2.45, 2.75) is 27.3 Å². The molecule has 0 aliphatic heterocycles. The Morgan fingerprint density at radius 1 is 1.33 bits per heavy atom. The Kier molecular flexibility index (Phi) is 4.21. The van der Waals surface area contributed by atoms with Gasteiger partial charge in [0, 0.05) is 25.4 Å². The third kappa shape index (κ3) is 2.86. The van der Waals surface area contributed by atoms with Crippen molar-refractivity contribution in [3.63, 3.8) is 0 Å². The van der Waals surface area contributed by atoms with Crippen LogP contribution in [0.4, 0.5) is 11.4 Å². The topological polar surface area (TPSA) is 71.5 Å². The Bertz CT molecular complexity index is 662. The zero-order valence-corrected chi connectivity index (χ0v) is 12.6. The molecule has 2 aromatic rings. The predicted octanol–water partition coefficient (Wildman–Crippen LogP) is 2.77. The molecule has 1 aromatic carbocycles. The van der Waals surface area contributed by atoms with Gasteiger partial charge in [-0.2, -0.15) is 0 Å². The molecule has 0 atom stereocenters. The quantitative estimate of drug-likeness (QED) is 0.908. The van der Waals surface area contributed by atoms with Crippen molar-refractivity contribution >= 4 is 17.3 Å². The molecule has 0 aliphatic carbocycles. The largest absolute Gasteiger partial charge is 0.508 e. The molecule has 0 fully saturated rings. The molecule has 0 saturated carbocycles. The van der Waals surface area contributed by atoms with Gasteiger partial charge in [0.25, 0.3) is 5.91 Å². The zero-order valence-electron chi connectivity index (χ0n) is 12.6. The third-order valence-electron chi connectivity index (χ3n) is 3.52. The van der Waals surface area contributed by atoms with Gasteiger partial charge in [-0.15, -0.1) is 0 Å². The lowest BCUT2D eigenvalue weighted by Gasteiger charge is -2.23. The Morgan fingerprint density at radius 2 is 2.05 bits per heavy atom. The Hall–Kier alpha value is -2.43. The first kappa shape index (κ1) is 15.0. The maximum Gasteiger partial charge on any atom is 0.274 e. The normalized spacial score (nSPS) is 10.6. The van der Waals surface area contributed by atoms with Crippen molar-refractivity contribution in [3.05, 3.63) is 41.7 Å². The number of carbonyl (C=O) groups is 1. The summed E-state index contributed by atoms with van der Waals surface area (Å²) < 4.78 is 1.83. The summed E-state index contributed by atoms with van der Waals surface area (Å²) >= 11 is 0. The summed E-state index contributed by atoms with van der Waals surface area (Å²) in [7, 11) is 0. The van der Waals surface area contributed by atoms with Gasteiger partial charge in [0.15, 0.2) is 0 Å². The summed E-state index contributed by atoms with van der Waals surface area (Å²) in [5.41, 5.74) is 8.57. The van der Waals surface area contributed by atoms with E-state index in [0.717, 1.165) is 5.56 Å². The molecule has 112 valence electrons. The number of rotatable bonds is 4. The molecule has 2 rings (SSSR count). The first-order chi connectivity index (χ1) is 9.97. The van der Waals surface area contributed by atoms with Crippen molar-refractivity contribution in [1.29, 1.82) is 0 Å². The van der Waals surface area contributed by atoms with Crippen LogP contribution in [0, 0.1) is 6.92 Å². The summed E-state index contributed by atoms with van der Waals surface area (Å²) in [4.78, 5) is 14.4. The summed E-state index contributed by atoms with van der Waals surface area (Å²) in [6.07, 6.45) is 1.76. The molecule has 0 spiro atoms. The molecule has 0 bridgehead atoms. The minimum absolute atomic E-state index is 0.121. The molecule has 0 unspecified atom stereocenters. The van der Waals surface area contributed by atoms with Crippen LogP contribution in [0.1, 0.15) is 29.9 Å². The number of hydrogen-bond acceptors (Lipinski definition) is 3. The van der Waals surface area contributed by atoms with Gasteiger partial charge in [-0.1, -0.05) is 6.07 Å². The van der Waals surface area contributed by atoms with Crippen molar-refractivity contribution in [2.24, 2.45) is 0 Å². The SMILES string of the molecule is CCN(C(=O)c1cc(N)cn1CC)c1cc(O)ccc1C. The number of anilines is 2. The highest BCUT2D eigenvalue weighted by Gasteiger charge is 2.21. The Balaban J connectivity index is 2.45. The van der Waals surface area contributed by atoms with E-state index in [0.29, 0.717) is 30.2 Å². The van der Waals surface area contributed by atoms with Crippen LogP contribution in [-0.2, 0) is 6.54 Å². The lowest BCUT2D eigenvalue weighted by Crippen LogP contribution is -2.32. The van der Waals surface area contributed by atoms with E-state index in [1.807, 2.05) is 25.3 Å². The van der Waals surface area contributed by atoms with Crippen LogP contribution in [0.2, 0.25) is 0 Å². The van der Waals surface area contributed by atoms with Crippen LogP contribution in [0.25, 0.3) is 0 Å². The molecule has 1 heterocycles. The Labute approximate surface area is 124 Å². The number of aromatic hydroxyl groups is 1. The van der Waals surface area contributed by atoms with Gasteiger partial charge >= 0.3 is 0 Å². The smallest absolute Gasteiger partial charge is 0.274 e. The van der Waals surface area contributed by atoms with Crippen LogP contribution >= 0.6 is 0 Å². The second-order valence-corrected chi connectivity index (χ2v) is 4.96. The zero-order chi connectivity index (χ0) is 15.6. The van der Waals surface area contributed by atoms with Gasteiger partial charge in [0.1, 0.15) is 11.4 Å². The molecule has 1 amide bonds. The molecule has 0 radical (unpaired) electrons. The van der Waals surface area contributed by atoms with Crippen molar-refractivity contribution in [1.82, 2.24) is 4.57 Å². The van der Waals surface area contributed by atoms with E-state index < -0.39 is 0 Å². The molecule has 3 N–H and O–H groups in total. The van der Waals surface area contributed by atoms with E-state index in [9.17, 15) is 9.90 Å². The molecule has 0 saturated heterocycles. The standard InChI is InChI=1S/C16H21N3O2/c1-4-18-10-12(17)8-15(18)16(21)19(5-2)14-9-13(20)7-6-11(14)3/h6-10,20H,4-5,17H2,1-3H3. The second-order valence-electron chi connectivity index (χ2n) is 4.96. The highest BCUT2D eigenvalue weighted by atomic mass is 16.3. The molecule has 5 heteroatoms. The molecule has 21 heavy (non-hydrogen) atoms. The average Bonchev–Trinajstić information content (AvgIpc) is 2.84. The number of phenols is 1. The number of aromatic nitrogens is 1. The van der Waals surface area contributed by atoms with E-state index in [-0.39, 0.29) is 11.7 Å². The van der Waals surface area contributed by atoms with Gasteiger partial charge in [0.2, 0.25) is 0 Å². The summed E-state index contributed by atoms with van der Waals surface area (Å²) in [6, 6.07) is 6.71. The highest BCUT2D eigenvalue weighted by molar-refractivity contribution is 6.06. The van der Waals surface area contributed by atoms with Crippen molar-refractivity contribution < 1.29 is 9.90 Å². The average molecular weight is 287 g/mol. The third-order valence-corrected chi connectivity index (χ3v) is 3.52. The number of amides is 1. The summed E-state index contributed by atoms with van der Waals surface area (Å²) in [6.45, 7) is 6.97. The van der Waals surface area contributed by atoms with Gasteiger partial charge in [-0.3, -0.25) is 4.79 Å². The number of nitrogens with zero attached hydrogens (tertiary/aromatic N) is 2. The number of benzene rings is 1. The molecule has 0 aliphatic rings. The number of carbonyl (C=O) groups excluding carboxylic acids is 1. The summed E-state index contributed by atoms with van der Waals surface area (Å²) in [5, 5.41) is 9.68. The fourth-order valence-electron chi connectivity index (χ4n) is 2.42. The second kappa shape index (κ2) is 5.91. The van der Waals surface area contributed by atoms with Gasteiger partial charge < -0.3 is 20.3 Å². The number of aryl methyl sites for hydroxylation is 2. The first-order valence-corrected chi connectivity index (χ1v) is 7.05. The number of phenolic OH excluding ortho intramolecular Hbond substituents is 1. The van der Waals surface area contributed by atoms with E-state index >= 15 is 0 Å². The van der Waals surface area contributed by atoms with Crippen LogP contribution in [0.3, 0.4) is 0 Å². The Morgan fingerprint density at radius 3 is 2.67 bits per heavy atom. The van der Waals surface area contributed by atoms with Gasteiger partial charge in [-0.05, 0) is 38.5 Å². The lowest BCUT2D eigenvalue weighted by molar-refractivity contribution is 0.0979. The lowest BCUT2D eigenvalue weighted by atomic mass is 10.1. The van der Waals surface area contributed by atoms with E-state index in [4.69, 9.17) is 5.73 Å². The number of nitrogens with two attached hydrogens (primary N) is 1. The maximum atomic E-state index is 12.8. The first-order valence-electron chi connectivity index (χ1n) is 7.05. The van der Waals surface area contributed by atoms with E-state index in [1.54, 1.807) is 35.4 Å². The van der Waals surface area contributed by atoms with Crippen LogP contribution in [-0.4, -0.2) is 22.1 Å². The molecular formula is C16H21N3O2. The van der Waals surface area contributed by atoms with Crippen LogP contribution < -0.4 is 10.6 Å². The van der Waals surface area contributed by atoms with E-state index in [2.05, 4.69) is 0 Å². The minimum atomic E-state index is -0.121. The van der Waals surface area contributed by atoms with Gasteiger partial charge in [-0.25, -0.2) is 0 Å². The molecule has 1 aromatic heterocycles. The maximum absolute atomic E-state index is 12.8. The van der Waals surface area contributed by atoms with Crippen LogP contribution in [0.15, 0.2) is 30.5 Å². The molecule has 5 nitrogen and oxygen atoms in total. The van der Waals surface area contributed by atoms with E-state index in [1.165, 1.54) is 0 Å². The highest BCUT2D eigenvalue weighted by Crippen LogP contribution is 2.26.